The van der Waals surface area contributed by atoms with Gasteiger partial charge in [0, 0.05) is 44.2 Å². The van der Waals surface area contributed by atoms with Crippen LogP contribution >= 0.6 is 0 Å². The Hall–Kier alpha value is -3.02. The Kier molecular flexibility index (Phi) is 6.58. The molecule has 0 bridgehead atoms. The first kappa shape index (κ1) is 22.7. The summed E-state index contributed by atoms with van der Waals surface area (Å²) in [5.41, 5.74) is 3.94. The highest BCUT2D eigenvalue weighted by atomic mass is 16.2. The number of aryl methyl sites for hydroxylation is 2. The molecule has 2 heterocycles. The van der Waals surface area contributed by atoms with Crippen LogP contribution in [0, 0.1) is 19.3 Å². The Morgan fingerprint density at radius 2 is 1.90 bits per heavy atom. The maximum Gasteiger partial charge on any atom is 0.270 e. The number of amides is 2. The van der Waals surface area contributed by atoms with E-state index in [0.29, 0.717) is 18.6 Å². The van der Waals surface area contributed by atoms with E-state index in [2.05, 4.69) is 30.9 Å². The van der Waals surface area contributed by atoms with E-state index in [0.717, 1.165) is 22.5 Å². The summed E-state index contributed by atoms with van der Waals surface area (Å²) in [7, 11) is 1.82. The van der Waals surface area contributed by atoms with Crippen LogP contribution in [-0.4, -0.2) is 40.5 Å². The minimum Gasteiger partial charge on any atom is -0.337 e. The van der Waals surface area contributed by atoms with E-state index in [4.69, 9.17) is 0 Å². The van der Waals surface area contributed by atoms with Gasteiger partial charge in [-0.1, -0.05) is 39.0 Å². The molecular weight excluding hydrogens is 388 g/mol. The lowest BCUT2D eigenvalue weighted by Gasteiger charge is -2.38. The summed E-state index contributed by atoms with van der Waals surface area (Å²) in [5.74, 6) is -0.229. The fourth-order valence-electron chi connectivity index (χ4n) is 3.93. The molecule has 6 nitrogen and oxygen atoms in total. The van der Waals surface area contributed by atoms with Crippen molar-refractivity contribution >= 4 is 23.2 Å². The van der Waals surface area contributed by atoms with Crippen LogP contribution in [0.1, 0.15) is 50.4 Å². The van der Waals surface area contributed by atoms with Crippen LogP contribution in [0.3, 0.4) is 0 Å². The molecule has 3 rings (SSSR count). The van der Waals surface area contributed by atoms with E-state index in [1.807, 2.05) is 57.3 Å². The molecule has 1 aromatic heterocycles. The van der Waals surface area contributed by atoms with Crippen molar-refractivity contribution in [1.29, 1.82) is 0 Å². The van der Waals surface area contributed by atoms with Crippen LogP contribution in [-0.2, 0) is 16.0 Å². The van der Waals surface area contributed by atoms with Crippen molar-refractivity contribution < 1.29 is 9.59 Å². The van der Waals surface area contributed by atoms with Crippen molar-refractivity contribution in [2.45, 2.75) is 59.9 Å². The van der Waals surface area contributed by atoms with Crippen LogP contribution in [0.25, 0.3) is 0 Å². The number of carbonyl (C=O) groups excluding carboxylic acids is 2. The van der Waals surface area contributed by atoms with Gasteiger partial charge in [0.25, 0.3) is 5.91 Å². The van der Waals surface area contributed by atoms with E-state index in [-0.39, 0.29) is 29.7 Å². The first-order valence-electron chi connectivity index (χ1n) is 10.7. The maximum atomic E-state index is 13.4. The van der Waals surface area contributed by atoms with Crippen LogP contribution in [0.2, 0.25) is 0 Å². The monoisotopic (exact) mass is 420 g/mol. The molecule has 1 aliphatic rings. The average molecular weight is 421 g/mol. The lowest BCUT2D eigenvalue weighted by molar-refractivity contribution is -0.127. The number of benzene rings is 1. The molecule has 6 heteroatoms. The molecule has 1 atom stereocenters. The number of pyridine rings is 1. The van der Waals surface area contributed by atoms with Crippen LogP contribution in [0.4, 0.5) is 5.69 Å². The highest BCUT2D eigenvalue weighted by Gasteiger charge is 2.35. The minimum atomic E-state index is -0.153. The molecule has 0 N–H and O–H groups in total. The van der Waals surface area contributed by atoms with Gasteiger partial charge in [-0.3, -0.25) is 14.6 Å². The Morgan fingerprint density at radius 1 is 1.16 bits per heavy atom. The maximum absolute atomic E-state index is 13.4. The minimum absolute atomic E-state index is 0.0654. The quantitative estimate of drug-likeness (QED) is 0.724. The van der Waals surface area contributed by atoms with Gasteiger partial charge < -0.3 is 4.90 Å². The van der Waals surface area contributed by atoms with Crippen molar-refractivity contribution in [1.82, 2.24) is 9.88 Å². The van der Waals surface area contributed by atoms with Crippen molar-refractivity contribution in [3.05, 3.63) is 59.4 Å². The first-order chi connectivity index (χ1) is 14.6. The summed E-state index contributed by atoms with van der Waals surface area (Å²) >= 11 is 0. The number of rotatable bonds is 5. The van der Waals surface area contributed by atoms with Crippen LogP contribution in [0.5, 0.6) is 0 Å². The Balaban J connectivity index is 1.90. The molecule has 0 spiro atoms. The highest BCUT2D eigenvalue weighted by molar-refractivity contribution is 6.40. The second-order valence-electron chi connectivity index (χ2n) is 9.37. The summed E-state index contributed by atoms with van der Waals surface area (Å²) in [6.07, 6.45) is 3.05. The van der Waals surface area contributed by atoms with Crippen molar-refractivity contribution in [3.63, 3.8) is 0 Å². The number of aromatic nitrogens is 1. The third-order valence-corrected chi connectivity index (χ3v) is 5.79. The predicted octanol–water partition coefficient (Wildman–Crippen LogP) is 4.30. The number of nitrogens with zero attached hydrogens (tertiary/aromatic N) is 4. The SMILES string of the molecule is Cc1ccc(C)c(N2N=C(C(=O)N(C)[C@@H](Cc3ccccn3)C(C)(C)C)CCC2=O)c1. The van der Waals surface area contributed by atoms with Gasteiger partial charge in [-0.05, 0) is 48.6 Å². The van der Waals surface area contributed by atoms with Gasteiger partial charge in [0.1, 0.15) is 5.71 Å². The van der Waals surface area contributed by atoms with Gasteiger partial charge in [0.15, 0.2) is 0 Å². The Bertz CT molecular complexity index is 992. The molecule has 0 saturated carbocycles. The summed E-state index contributed by atoms with van der Waals surface area (Å²) in [6, 6.07) is 11.7. The van der Waals surface area contributed by atoms with E-state index in [1.165, 1.54) is 5.01 Å². The lowest BCUT2D eigenvalue weighted by atomic mass is 9.82. The van der Waals surface area contributed by atoms with Gasteiger partial charge in [-0.2, -0.15) is 5.10 Å². The number of carbonyl (C=O) groups is 2. The average Bonchev–Trinajstić information content (AvgIpc) is 2.73. The normalized spacial score (nSPS) is 15.5. The summed E-state index contributed by atoms with van der Waals surface area (Å²) in [4.78, 5) is 32.3. The molecule has 0 unspecified atom stereocenters. The van der Waals surface area contributed by atoms with E-state index >= 15 is 0 Å². The van der Waals surface area contributed by atoms with E-state index in [1.54, 1.807) is 11.1 Å². The summed E-state index contributed by atoms with van der Waals surface area (Å²) < 4.78 is 0. The molecular formula is C25H32N4O2. The standard InChI is InChI=1S/C25H32N4O2/c1-17-10-11-18(2)21(15-17)29-23(30)13-12-20(27-29)24(31)28(6)22(25(3,4)5)16-19-9-7-8-14-26-19/h7-11,14-15,22H,12-13,16H2,1-6H3/t22-/m0/s1. The molecule has 0 radical (unpaired) electrons. The largest absolute Gasteiger partial charge is 0.337 e. The zero-order chi connectivity index (χ0) is 22.8. The fourth-order valence-corrected chi connectivity index (χ4v) is 3.93. The summed E-state index contributed by atoms with van der Waals surface area (Å²) in [5, 5.41) is 5.92. The van der Waals surface area contributed by atoms with Gasteiger partial charge in [0.05, 0.1) is 5.69 Å². The second-order valence-corrected chi connectivity index (χ2v) is 9.37. The van der Waals surface area contributed by atoms with Crippen molar-refractivity contribution in [3.8, 4) is 0 Å². The lowest BCUT2D eigenvalue weighted by Crippen LogP contribution is -2.50. The smallest absolute Gasteiger partial charge is 0.270 e. The molecule has 2 aromatic rings. The van der Waals surface area contributed by atoms with Gasteiger partial charge >= 0.3 is 0 Å². The third-order valence-electron chi connectivity index (χ3n) is 5.79. The number of hydrogen-bond donors (Lipinski definition) is 0. The van der Waals surface area contributed by atoms with Gasteiger partial charge in [-0.25, -0.2) is 5.01 Å². The number of likely N-dealkylation sites (N-methyl/N-ethyl adjacent to an activating group) is 1. The van der Waals surface area contributed by atoms with Crippen LogP contribution in [0.15, 0.2) is 47.7 Å². The summed E-state index contributed by atoms with van der Waals surface area (Å²) in [6.45, 7) is 10.3. The van der Waals surface area contributed by atoms with Crippen LogP contribution < -0.4 is 5.01 Å². The molecule has 0 aliphatic carbocycles. The topological polar surface area (TPSA) is 65.9 Å². The molecule has 0 saturated heterocycles. The predicted molar refractivity (Wildman–Crippen MR) is 124 cm³/mol. The van der Waals surface area contributed by atoms with E-state index < -0.39 is 0 Å². The zero-order valence-electron chi connectivity index (χ0n) is 19.3. The molecule has 0 fully saturated rings. The number of hydrogen-bond acceptors (Lipinski definition) is 4. The fraction of sp³-hybridized carbons (Fsp3) is 0.440. The van der Waals surface area contributed by atoms with Crippen molar-refractivity contribution in [2.24, 2.45) is 10.5 Å². The van der Waals surface area contributed by atoms with Gasteiger partial charge in [-0.15, -0.1) is 0 Å². The molecule has 164 valence electrons. The highest BCUT2D eigenvalue weighted by Crippen LogP contribution is 2.29. The number of anilines is 1. The van der Waals surface area contributed by atoms with Crippen molar-refractivity contribution in [2.75, 3.05) is 12.1 Å². The molecule has 2 amide bonds. The van der Waals surface area contributed by atoms with E-state index in [9.17, 15) is 9.59 Å². The number of hydrazone groups is 1. The third kappa shape index (κ3) is 5.19. The first-order valence-corrected chi connectivity index (χ1v) is 10.7. The molecule has 1 aliphatic heterocycles. The Labute approximate surface area is 185 Å². The second kappa shape index (κ2) is 9.00. The zero-order valence-corrected chi connectivity index (χ0v) is 19.3. The molecule has 1 aromatic carbocycles. The molecule has 31 heavy (non-hydrogen) atoms. The Morgan fingerprint density at radius 3 is 2.55 bits per heavy atom. The van der Waals surface area contributed by atoms with Gasteiger partial charge in [0.2, 0.25) is 5.91 Å².